The van der Waals surface area contributed by atoms with E-state index < -0.39 is 71.9 Å². The molecule has 0 aliphatic carbocycles. The lowest BCUT2D eigenvalue weighted by Crippen LogP contribution is -2.59. The Labute approximate surface area is 348 Å². The van der Waals surface area contributed by atoms with Gasteiger partial charge in [0.2, 0.25) is 5.91 Å². The number of likely N-dealkylation sites (N-methyl/N-ethyl adjacent to an activating group) is 1. The summed E-state index contributed by atoms with van der Waals surface area (Å²) in [6, 6.07) is 7.28. The van der Waals surface area contributed by atoms with Crippen LogP contribution in [0, 0.1) is 23.7 Å². The van der Waals surface area contributed by atoms with Crippen molar-refractivity contribution in [2.75, 3.05) is 33.7 Å². The van der Waals surface area contributed by atoms with E-state index in [4.69, 9.17) is 14.2 Å². The summed E-state index contributed by atoms with van der Waals surface area (Å²) in [4.78, 5) is 30.8. The van der Waals surface area contributed by atoms with Crippen LogP contribution in [0.3, 0.4) is 0 Å². The molecule has 0 bridgehead atoms. The molecule has 58 heavy (non-hydrogen) atoms. The van der Waals surface area contributed by atoms with E-state index in [1.54, 1.807) is 20.8 Å². The van der Waals surface area contributed by atoms with E-state index in [9.17, 15) is 35.1 Å². The Morgan fingerprint density at radius 1 is 1.02 bits per heavy atom. The molecule has 0 aromatic heterocycles. The number of amides is 1. The molecule has 15 atom stereocenters. The lowest BCUT2D eigenvalue weighted by atomic mass is 9.78. The second kappa shape index (κ2) is 21.5. The van der Waals surface area contributed by atoms with Crippen molar-refractivity contribution in [1.29, 1.82) is 0 Å². The topological polar surface area (TPSA) is 181 Å². The highest BCUT2D eigenvalue weighted by molar-refractivity contribution is 5.83. The minimum atomic E-state index is -1.86. The molecule has 2 aliphatic rings. The zero-order valence-electron chi connectivity index (χ0n) is 37.7. The molecule has 2 heterocycles. The minimum absolute atomic E-state index is 0.0864. The Morgan fingerprint density at radius 2 is 1.64 bits per heavy atom. The van der Waals surface area contributed by atoms with Gasteiger partial charge in [-0.2, -0.15) is 0 Å². The van der Waals surface area contributed by atoms with Crippen molar-refractivity contribution in [3.63, 3.8) is 0 Å². The summed E-state index contributed by atoms with van der Waals surface area (Å²) in [5.74, 6) is -2.80. The summed E-state index contributed by atoms with van der Waals surface area (Å²) < 4.78 is 18.5. The van der Waals surface area contributed by atoms with Crippen LogP contribution < -0.4 is 5.32 Å². The van der Waals surface area contributed by atoms with Crippen molar-refractivity contribution in [3.8, 4) is 0 Å². The molecule has 1 aromatic carbocycles. The van der Waals surface area contributed by atoms with E-state index in [1.807, 2.05) is 63.7 Å². The van der Waals surface area contributed by atoms with Gasteiger partial charge in [-0.1, -0.05) is 58.9 Å². The van der Waals surface area contributed by atoms with Gasteiger partial charge in [0.15, 0.2) is 6.29 Å². The van der Waals surface area contributed by atoms with Crippen LogP contribution in [0.1, 0.15) is 119 Å². The third kappa shape index (κ3) is 12.9. The first-order valence-corrected chi connectivity index (χ1v) is 21.7. The first kappa shape index (κ1) is 50.2. The lowest BCUT2D eigenvalue weighted by Gasteiger charge is -2.46. The van der Waals surface area contributed by atoms with Crippen molar-refractivity contribution >= 4 is 11.9 Å². The third-order valence-electron chi connectivity index (χ3n) is 12.7. The van der Waals surface area contributed by atoms with E-state index in [0.717, 1.165) is 12.0 Å². The number of nitrogens with one attached hydrogen (secondary N) is 1. The Morgan fingerprint density at radius 3 is 2.21 bits per heavy atom. The smallest absolute Gasteiger partial charge is 0.311 e. The molecule has 13 heteroatoms. The number of aliphatic hydroxyl groups excluding tert-OH is 3. The van der Waals surface area contributed by atoms with Crippen molar-refractivity contribution < 1.29 is 49.3 Å². The number of cyclic esters (lactones) is 1. The van der Waals surface area contributed by atoms with Gasteiger partial charge in [0.05, 0.1) is 35.7 Å². The predicted molar refractivity (Wildman–Crippen MR) is 225 cm³/mol. The van der Waals surface area contributed by atoms with Gasteiger partial charge in [-0.05, 0) is 111 Å². The Balaban J connectivity index is 1.90. The van der Waals surface area contributed by atoms with Crippen LogP contribution in [0.4, 0.5) is 0 Å². The van der Waals surface area contributed by atoms with Gasteiger partial charge in [-0.15, -0.1) is 0 Å². The second-order valence-corrected chi connectivity index (χ2v) is 18.9. The summed E-state index contributed by atoms with van der Waals surface area (Å²) in [7, 11) is 3.74. The highest BCUT2D eigenvalue weighted by Gasteiger charge is 2.50. The molecule has 0 saturated carbocycles. The molecule has 3 rings (SSSR count). The largest absolute Gasteiger partial charge is 0.459 e. The molecule has 1 amide bonds. The van der Waals surface area contributed by atoms with Crippen molar-refractivity contribution in [3.05, 3.63) is 35.4 Å². The zero-order chi connectivity index (χ0) is 43.9. The van der Waals surface area contributed by atoms with Crippen molar-refractivity contribution in [2.45, 2.75) is 180 Å². The Bertz CT molecular complexity index is 1420. The van der Waals surface area contributed by atoms with E-state index in [2.05, 4.69) is 31.3 Å². The van der Waals surface area contributed by atoms with E-state index >= 15 is 0 Å². The number of aliphatic hydroxyl groups is 5. The van der Waals surface area contributed by atoms with Crippen LogP contribution in [0.2, 0.25) is 0 Å². The highest BCUT2D eigenvalue weighted by atomic mass is 16.7. The molecular weight excluding hydrogens is 743 g/mol. The van der Waals surface area contributed by atoms with Gasteiger partial charge in [-0.25, -0.2) is 0 Å². The molecule has 0 unspecified atom stereocenters. The molecule has 13 nitrogen and oxygen atoms in total. The fourth-order valence-electron chi connectivity index (χ4n) is 9.11. The van der Waals surface area contributed by atoms with Gasteiger partial charge < -0.3 is 50.0 Å². The average Bonchev–Trinajstić information content (AvgIpc) is 3.15. The standard InChI is InChI=1S/C45H79N3O10/c1-14-36-45(11,55)39(51)32(9)48(21-15-20-46-41(52)29(6)34-18-16-33(17-19-34)22-26(2)3)25-27(4)24-44(10,54)40(30(7)37(49)31(8)42(53)57-36)58-43-38(50)35(47(12)13)23-28(5)56-43/h16-19,26-32,35-40,43,49-51,54-55H,14-15,20-25H2,1-13H3,(H,46,52)/t27-,28-,29-,30+,31-,32-,35+,36-,37+,38-,39-,40-,43+,44-,45-/m1/s1. The van der Waals surface area contributed by atoms with E-state index in [0.29, 0.717) is 38.4 Å². The van der Waals surface area contributed by atoms with Gasteiger partial charge in [0.1, 0.15) is 23.9 Å². The Kier molecular flexibility index (Phi) is 18.6. The molecule has 6 N–H and O–H groups in total. The van der Waals surface area contributed by atoms with Crippen LogP contribution in [0.25, 0.3) is 0 Å². The van der Waals surface area contributed by atoms with E-state index in [1.165, 1.54) is 19.4 Å². The molecule has 1 aromatic rings. The predicted octanol–water partition coefficient (Wildman–Crippen LogP) is 3.85. The summed E-state index contributed by atoms with van der Waals surface area (Å²) in [5.41, 5.74) is -1.27. The maximum Gasteiger partial charge on any atom is 0.311 e. The van der Waals surface area contributed by atoms with Gasteiger partial charge >= 0.3 is 5.97 Å². The van der Waals surface area contributed by atoms with Crippen LogP contribution >= 0.6 is 0 Å². The zero-order valence-corrected chi connectivity index (χ0v) is 37.7. The molecule has 2 saturated heterocycles. The quantitative estimate of drug-likeness (QED) is 0.133. The molecule has 0 radical (unpaired) electrons. The van der Waals surface area contributed by atoms with Crippen LogP contribution in [0.15, 0.2) is 24.3 Å². The van der Waals surface area contributed by atoms with Crippen molar-refractivity contribution in [2.24, 2.45) is 23.7 Å². The Hall–Kier alpha value is -2.20. The maximum absolute atomic E-state index is 13.7. The average molecular weight is 822 g/mol. The van der Waals surface area contributed by atoms with Crippen LogP contribution in [-0.2, 0) is 30.2 Å². The number of rotatable bonds is 12. The SMILES string of the molecule is CC[C@H]1OC(=O)[C@H](C)[C@@H](O)[C@H](C)[C@@H](O[C@@H]2O[C@H](C)C[C@H](N(C)C)[C@H]2O)[C@](C)(O)C[C@@H](C)CN(CCCNC(=O)[C@H](C)c2ccc(CC(C)C)cc2)[C@H](C)[C@@H](O)[C@]1(C)O. The fraction of sp³-hybridized carbons (Fsp3) is 0.822. The van der Waals surface area contributed by atoms with Crippen molar-refractivity contribution in [1.82, 2.24) is 15.1 Å². The molecular formula is C45H79N3O10. The number of ether oxygens (including phenoxy) is 3. The summed E-state index contributed by atoms with van der Waals surface area (Å²) in [5, 5.41) is 62.2. The summed E-state index contributed by atoms with van der Waals surface area (Å²) >= 11 is 0. The summed E-state index contributed by atoms with van der Waals surface area (Å²) in [6.07, 6.45) is -4.85. The number of hydrogen-bond acceptors (Lipinski definition) is 12. The lowest BCUT2D eigenvalue weighted by molar-refractivity contribution is -0.299. The molecule has 334 valence electrons. The second-order valence-electron chi connectivity index (χ2n) is 18.9. The van der Waals surface area contributed by atoms with Crippen LogP contribution in [0.5, 0.6) is 0 Å². The number of carbonyl (C=O) groups excluding carboxylic acids is 2. The van der Waals surface area contributed by atoms with Gasteiger partial charge in [-0.3, -0.25) is 14.5 Å². The number of esters is 1. The van der Waals surface area contributed by atoms with Gasteiger partial charge in [0.25, 0.3) is 0 Å². The first-order valence-electron chi connectivity index (χ1n) is 21.7. The molecule has 2 aliphatic heterocycles. The molecule has 0 spiro atoms. The number of nitrogens with zero attached hydrogens (tertiary/aromatic N) is 2. The number of carbonyl (C=O) groups is 2. The normalized spacial score (nSPS) is 38.2. The maximum atomic E-state index is 13.7. The number of hydrogen-bond donors (Lipinski definition) is 6. The van der Waals surface area contributed by atoms with Gasteiger partial charge in [0, 0.05) is 37.6 Å². The number of benzene rings is 1. The van der Waals surface area contributed by atoms with E-state index in [-0.39, 0.29) is 42.7 Å². The minimum Gasteiger partial charge on any atom is -0.459 e. The highest BCUT2D eigenvalue weighted by Crippen LogP contribution is 2.37. The monoisotopic (exact) mass is 822 g/mol. The fourth-order valence-corrected chi connectivity index (χ4v) is 9.11. The molecule has 2 fully saturated rings. The first-order chi connectivity index (χ1) is 26.9. The summed E-state index contributed by atoms with van der Waals surface area (Å²) in [6.45, 7) is 21.2. The third-order valence-corrected chi connectivity index (χ3v) is 12.7. The van der Waals surface area contributed by atoms with Crippen LogP contribution in [-0.4, -0.2) is 147 Å².